The van der Waals surface area contributed by atoms with Gasteiger partial charge in [-0.15, -0.1) is 0 Å². The zero-order valence-corrected chi connectivity index (χ0v) is 9.57. The fourth-order valence-electron chi connectivity index (χ4n) is 2.06. The molecule has 3 rings (SSSR count). The molecule has 0 bridgehead atoms. The van der Waals surface area contributed by atoms with Crippen molar-refractivity contribution in [2.45, 2.75) is 6.04 Å². The highest BCUT2D eigenvalue weighted by atomic mass is 16.5. The van der Waals surface area contributed by atoms with Gasteiger partial charge in [0.15, 0.2) is 0 Å². The van der Waals surface area contributed by atoms with Crippen LogP contribution in [0.2, 0.25) is 0 Å². The molecular formula is C13H14N2O2. The molecule has 88 valence electrons. The van der Waals surface area contributed by atoms with Crippen molar-refractivity contribution in [3.63, 3.8) is 0 Å². The fourth-order valence-corrected chi connectivity index (χ4v) is 2.06. The van der Waals surface area contributed by atoms with Gasteiger partial charge >= 0.3 is 0 Å². The minimum atomic E-state index is 0.232. The molecule has 4 heteroatoms. The predicted octanol–water partition coefficient (Wildman–Crippen LogP) is 2.87. The summed E-state index contributed by atoms with van der Waals surface area (Å²) in [5.41, 5.74) is 3.22. The van der Waals surface area contributed by atoms with Crippen LogP contribution in [0.15, 0.2) is 41.2 Å². The highest BCUT2D eigenvalue weighted by Crippen LogP contribution is 2.32. The Morgan fingerprint density at radius 1 is 1.29 bits per heavy atom. The lowest BCUT2D eigenvalue weighted by molar-refractivity contribution is 0.414. The lowest BCUT2D eigenvalue weighted by atomic mass is 10.0. The predicted molar refractivity (Wildman–Crippen MR) is 66.6 cm³/mol. The molecule has 1 unspecified atom stereocenters. The first-order valence-corrected chi connectivity index (χ1v) is 5.57. The van der Waals surface area contributed by atoms with Crippen LogP contribution in [-0.4, -0.2) is 13.7 Å². The van der Waals surface area contributed by atoms with Crippen molar-refractivity contribution < 1.29 is 9.15 Å². The Hall–Kier alpha value is -2.10. The number of ether oxygens (including phenoxy) is 1. The number of nitrogens with one attached hydrogen (secondary N) is 2. The van der Waals surface area contributed by atoms with Crippen molar-refractivity contribution in [1.82, 2.24) is 0 Å². The number of methoxy groups -OCH3 is 1. The molecule has 17 heavy (non-hydrogen) atoms. The summed E-state index contributed by atoms with van der Waals surface area (Å²) in [6.45, 7) is 0.833. The summed E-state index contributed by atoms with van der Waals surface area (Å²) in [5.74, 6) is 0.877. The molecule has 2 heterocycles. The van der Waals surface area contributed by atoms with E-state index < -0.39 is 0 Å². The van der Waals surface area contributed by atoms with Crippen molar-refractivity contribution in [3.8, 4) is 5.75 Å². The summed E-state index contributed by atoms with van der Waals surface area (Å²) < 4.78 is 10.4. The van der Waals surface area contributed by atoms with E-state index in [1.807, 2.05) is 18.2 Å². The molecule has 0 spiro atoms. The third-order valence-electron chi connectivity index (χ3n) is 2.98. The van der Waals surface area contributed by atoms with Gasteiger partial charge in [0.2, 0.25) is 0 Å². The number of rotatable bonds is 2. The van der Waals surface area contributed by atoms with Crippen molar-refractivity contribution in [3.05, 3.63) is 42.4 Å². The Morgan fingerprint density at radius 2 is 2.18 bits per heavy atom. The molecule has 1 aromatic carbocycles. The van der Waals surface area contributed by atoms with Crippen molar-refractivity contribution in [1.29, 1.82) is 0 Å². The summed E-state index contributed by atoms with van der Waals surface area (Å²) in [7, 11) is 1.68. The Bertz CT molecular complexity index is 522. The van der Waals surface area contributed by atoms with Crippen LogP contribution in [0.1, 0.15) is 11.6 Å². The van der Waals surface area contributed by atoms with E-state index in [2.05, 4.69) is 16.7 Å². The number of fused-ring (bicyclic) bond motifs is 1. The number of anilines is 2. The highest BCUT2D eigenvalue weighted by Gasteiger charge is 2.20. The molecule has 2 N–H and O–H groups in total. The minimum absolute atomic E-state index is 0.232. The quantitative estimate of drug-likeness (QED) is 0.832. The largest absolute Gasteiger partial charge is 0.497 e. The topological polar surface area (TPSA) is 46.4 Å². The van der Waals surface area contributed by atoms with Crippen molar-refractivity contribution in [2.24, 2.45) is 0 Å². The summed E-state index contributed by atoms with van der Waals surface area (Å²) in [4.78, 5) is 0. The second-order valence-corrected chi connectivity index (χ2v) is 4.05. The van der Waals surface area contributed by atoms with Crippen LogP contribution in [0.4, 0.5) is 11.4 Å². The molecule has 0 saturated heterocycles. The van der Waals surface area contributed by atoms with Gasteiger partial charge in [-0.2, -0.15) is 0 Å². The van der Waals surface area contributed by atoms with Crippen LogP contribution in [0.25, 0.3) is 0 Å². The Labute approximate surface area is 99.6 Å². The van der Waals surface area contributed by atoms with E-state index in [0.717, 1.165) is 23.7 Å². The third-order valence-corrected chi connectivity index (χ3v) is 2.98. The van der Waals surface area contributed by atoms with E-state index in [4.69, 9.17) is 9.15 Å². The van der Waals surface area contributed by atoms with E-state index >= 15 is 0 Å². The summed E-state index contributed by atoms with van der Waals surface area (Å²) >= 11 is 0. The number of benzene rings is 1. The van der Waals surface area contributed by atoms with Gasteiger partial charge in [-0.1, -0.05) is 12.1 Å². The van der Waals surface area contributed by atoms with Crippen LogP contribution >= 0.6 is 0 Å². The van der Waals surface area contributed by atoms with Gasteiger partial charge in [-0.3, -0.25) is 0 Å². The Kier molecular flexibility index (Phi) is 2.40. The molecule has 4 nitrogen and oxygen atoms in total. The second kappa shape index (κ2) is 4.05. The van der Waals surface area contributed by atoms with Gasteiger partial charge in [-0.05, 0) is 17.7 Å². The summed E-state index contributed by atoms with van der Waals surface area (Å²) in [6, 6.07) is 8.32. The minimum Gasteiger partial charge on any atom is -0.497 e. The zero-order valence-electron chi connectivity index (χ0n) is 9.57. The van der Waals surface area contributed by atoms with Crippen LogP contribution in [0.5, 0.6) is 5.75 Å². The van der Waals surface area contributed by atoms with Crippen LogP contribution in [0.3, 0.4) is 0 Å². The molecule has 1 aliphatic rings. The Balaban J connectivity index is 1.86. The molecule has 1 aliphatic heterocycles. The molecule has 1 atom stereocenters. The average molecular weight is 230 g/mol. The molecule has 0 radical (unpaired) electrons. The van der Waals surface area contributed by atoms with Gasteiger partial charge in [0.25, 0.3) is 0 Å². The second-order valence-electron chi connectivity index (χ2n) is 4.05. The molecule has 0 fully saturated rings. The zero-order chi connectivity index (χ0) is 11.7. The standard InChI is InChI=1S/C13H14N2O2/c1-16-10-4-2-3-9(5-10)11-6-14-12-7-17-8-13(12)15-11/h2-5,7-8,11,14-15H,6H2,1H3. The molecule has 1 aromatic heterocycles. The van der Waals surface area contributed by atoms with Crippen LogP contribution in [0, 0.1) is 0 Å². The van der Waals surface area contributed by atoms with Gasteiger partial charge in [-0.25, -0.2) is 0 Å². The molecule has 0 saturated carbocycles. The third kappa shape index (κ3) is 1.82. The van der Waals surface area contributed by atoms with Gasteiger partial charge in [0.1, 0.15) is 18.3 Å². The summed E-state index contributed by atoms with van der Waals surface area (Å²) in [5, 5.41) is 6.76. The first kappa shape index (κ1) is 10.1. The van der Waals surface area contributed by atoms with Crippen molar-refractivity contribution in [2.75, 3.05) is 24.3 Å². The number of hydrogen-bond acceptors (Lipinski definition) is 4. The average Bonchev–Trinajstić information content (AvgIpc) is 2.86. The van der Waals surface area contributed by atoms with Gasteiger partial charge in [0, 0.05) is 6.54 Å². The van der Waals surface area contributed by atoms with Crippen LogP contribution < -0.4 is 15.4 Å². The monoisotopic (exact) mass is 230 g/mol. The number of furan rings is 1. The first-order chi connectivity index (χ1) is 8.36. The lowest BCUT2D eigenvalue weighted by Crippen LogP contribution is -2.24. The number of hydrogen-bond donors (Lipinski definition) is 2. The normalized spacial score (nSPS) is 17.8. The fraction of sp³-hybridized carbons (Fsp3) is 0.231. The maximum absolute atomic E-state index is 5.23. The summed E-state index contributed by atoms with van der Waals surface area (Å²) in [6.07, 6.45) is 3.43. The van der Waals surface area contributed by atoms with E-state index in [0.29, 0.717) is 0 Å². The Morgan fingerprint density at radius 3 is 3.06 bits per heavy atom. The SMILES string of the molecule is COc1cccc(C2CNc3cocc3N2)c1. The molecule has 0 aliphatic carbocycles. The molecule has 0 amide bonds. The van der Waals surface area contributed by atoms with E-state index in [9.17, 15) is 0 Å². The first-order valence-electron chi connectivity index (χ1n) is 5.57. The van der Waals surface area contributed by atoms with E-state index in [1.54, 1.807) is 19.6 Å². The highest BCUT2D eigenvalue weighted by molar-refractivity contribution is 5.69. The molecule has 2 aromatic rings. The van der Waals surface area contributed by atoms with Crippen molar-refractivity contribution >= 4 is 11.4 Å². The smallest absolute Gasteiger partial charge is 0.119 e. The van der Waals surface area contributed by atoms with E-state index in [1.165, 1.54) is 5.56 Å². The molecular weight excluding hydrogens is 216 g/mol. The van der Waals surface area contributed by atoms with Gasteiger partial charge < -0.3 is 19.8 Å². The van der Waals surface area contributed by atoms with Crippen LogP contribution in [-0.2, 0) is 0 Å². The maximum atomic E-state index is 5.23. The van der Waals surface area contributed by atoms with Gasteiger partial charge in [0.05, 0.1) is 24.5 Å². The maximum Gasteiger partial charge on any atom is 0.119 e. The van der Waals surface area contributed by atoms with E-state index in [-0.39, 0.29) is 6.04 Å². The lowest BCUT2D eigenvalue weighted by Gasteiger charge is -2.26.